The van der Waals surface area contributed by atoms with E-state index in [1.54, 1.807) is 14.2 Å². The van der Waals surface area contributed by atoms with Crippen LogP contribution >= 0.6 is 15.9 Å². The fourth-order valence-electron chi connectivity index (χ4n) is 5.98. The quantitative estimate of drug-likeness (QED) is 0.298. The van der Waals surface area contributed by atoms with Crippen LogP contribution in [0.15, 0.2) is 95.0 Å². The van der Waals surface area contributed by atoms with Gasteiger partial charge in [0.25, 0.3) is 0 Å². The van der Waals surface area contributed by atoms with E-state index in [9.17, 15) is 9.59 Å². The highest BCUT2D eigenvalue weighted by Gasteiger charge is 2.62. The molecule has 2 aliphatic carbocycles. The van der Waals surface area contributed by atoms with Gasteiger partial charge in [-0.25, -0.2) is 4.90 Å². The van der Waals surface area contributed by atoms with Gasteiger partial charge in [0.1, 0.15) is 11.5 Å². The highest BCUT2D eigenvalue weighted by atomic mass is 79.9. The molecule has 1 saturated heterocycles. The van der Waals surface area contributed by atoms with Crippen molar-refractivity contribution in [3.8, 4) is 11.5 Å². The molecule has 180 valence electrons. The van der Waals surface area contributed by atoms with Crippen LogP contribution in [0.1, 0.15) is 11.1 Å². The molecule has 4 atom stereocenters. The first kappa shape index (κ1) is 22.8. The molecule has 0 aromatic heterocycles. The van der Waals surface area contributed by atoms with Crippen molar-refractivity contribution >= 4 is 39.0 Å². The Labute approximate surface area is 218 Å². The van der Waals surface area contributed by atoms with E-state index in [2.05, 4.69) is 28.1 Å². The Bertz CT molecular complexity index is 1340. The van der Waals surface area contributed by atoms with Gasteiger partial charge in [-0.15, -0.1) is 0 Å². The number of ether oxygens (including phenoxy) is 2. The van der Waals surface area contributed by atoms with Crippen molar-refractivity contribution in [3.05, 3.63) is 106 Å². The van der Waals surface area contributed by atoms with Crippen molar-refractivity contribution in [2.45, 2.75) is 0 Å². The van der Waals surface area contributed by atoms with E-state index in [1.807, 2.05) is 72.8 Å². The maximum absolute atomic E-state index is 13.7. The molecule has 0 spiro atoms. The number of anilines is 1. The molecule has 3 aromatic carbocycles. The Morgan fingerprint density at radius 1 is 0.750 bits per heavy atom. The van der Waals surface area contributed by atoms with Gasteiger partial charge in [-0.3, -0.25) is 9.59 Å². The number of nitrogens with zero attached hydrogens (tertiary/aromatic N) is 1. The normalized spacial score (nSPS) is 23.9. The second-order valence-electron chi connectivity index (χ2n) is 9.27. The summed E-state index contributed by atoms with van der Waals surface area (Å²) in [6.45, 7) is 0. The number of amides is 2. The SMILES string of the molecule is COc1ccc(C(=C2[C@H]3C=C[C@H]2[C@@H]2C(=O)N(c4cccc(Br)c4)C(=O)[C@H]23)c2ccc(OC)cc2)cc1. The zero-order valence-electron chi connectivity index (χ0n) is 19.9. The molecule has 5 nitrogen and oxygen atoms in total. The van der Waals surface area contributed by atoms with Crippen molar-refractivity contribution < 1.29 is 19.1 Å². The zero-order chi connectivity index (χ0) is 25.0. The summed E-state index contributed by atoms with van der Waals surface area (Å²) in [5, 5.41) is 0. The van der Waals surface area contributed by atoms with Gasteiger partial charge < -0.3 is 9.47 Å². The second kappa shape index (κ2) is 8.79. The minimum absolute atomic E-state index is 0.124. The molecule has 1 saturated carbocycles. The number of fused-ring (bicyclic) bond motifs is 5. The van der Waals surface area contributed by atoms with E-state index in [4.69, 9.17) is 9.47 Å². The minimum Gasteiger partial charge on any atom is -0.497 e. The van der Waals surface area contributed by atoms with Crippen LogP contribution in [0.5, 0.6) is 11.5 Å². The maximum Gasteiger partial charge on any atom is 0.238 e. The van der Waals surface area contributed by atoms with E-state index in [-0.39, 0.29) is 23.7 Å². The van der Waals surface area contributed by atoms with Gasteiger partial charge in [0, 0.05) is 16.3 Å². The van der Waals surface area contributed by atoms with Crippen molar-refractivity contribution in [1.29, 1.82) is 0 Å². The van der Waals surface area contributed by atoms with E-state index in [1.165, 1.54) is 4.90 Å². The maximum atomic E-state index is 13.7. The number of benzene rings is 3. The third kappa shape index (κ3) is 3.43. The topological polar surface area (TPSA) is 55.8 Å². The summed E-state index contributed by atoms with van der Waals surface area (Å²) in [5.74, 6) is 0.249. The van der Waals surface area contributed by atoms with Crippen molar-refractivity contribution in [2.24, 2.45) is 23.7 Å². The van der Waals surface area contributed by atoms with Gasteiger partial charge >= 0.3 is 0 Å². The molecule has 0 unspecified atom stereocenters. The summed E-state index contributed by atoms with van der Waals surface area (Å²) < 4.78 is 11.6. The van der Waals surface area contributed by atoms with Crippen LogP contribution in [0.3, 0.4) is 0 Å². The Hall–Kier alpha value is -3.64. The van der Waals surface area contributed by atoms with Gasteiger partial charge in [0.2, 0.25) is 11.8 Å². The summed E-state index contributed by atoms with van der Waals surface area (Å²) in [6, 6.07) is 23.3. The molecule has 2 fully saturated rings. The van der Waals surface area contributed by atoms with E-state index >= 15 is 0 Å². The number of imide groups is 1. The molecule has 2 amide bonds. The van der Waals surface area contributed by atoms with E-state index < -0.39 is 11.8 Å². The lowest BCUT2D eigenvalue weighted by Gasteiger charge is -2.22. The molecule has 2 bridgehead atoms. The Balaban J connectivity index is 1.48. The van der Waals surface area contributed by atoms with Crippen LogP contribution in [0.4, 0.5) is 5.69 Å². The first-order valence-corrected chi connectivity index (χ1v) is 12.7. The average Bonchev–Trinajstić information content (AvgIpc) is 3.54. The zero-order valence-corrected chi connectivity index (χ0v) is 21.4. The summed E-state index contributed by atoms with van der Waals surface area (Å²) in [4.78, 5) is 28.8. The molecule has 6 rings (SSSR count). The third-order valence-corrected chi connectivity index (χ3v) is 8.02. The van der Waals surface area contributed by atoms with Gasteiger partial charge in [-0.1, -0.05) is 58.4 Å². The molecule has 0 radical (unpaired) electrons. The standard InChI is InChI=1S/C30H24BrNO4/c1-35-21-10-6-17(7-11-21)25(18-8-12-22(36-2)13-9-18)26-23-14-15-24(26)28-27(23)29(33)32(30(28)34)20-5-3-4-19(31)16-20/h3-16,23-24,27-28H,1-2H3/t23-,24-,27+,28+/m1/s1. The molecule has 3 aliphatic rings. The predicted molar refractivity (Wildman–Crippen MR) is 142 cm³/mol. The van der Waals surface area contributed by atoms with Gasteiger partial charge in [-0.2, -0.15) is 0 Å². The van der Waals surface area contributed by atoms with Crippen LogP contribution in [-0.2, 0) is 9.59 Å². The Morgan fingerprint density at radius 3 is 1.69 bits per heavy atom. The lowest BCUT2D eigenvalue weighted by atomic mass is 9.85. The molecule has 36 heavy (non-hydrogen) atoms. The van der Waals surface area contributed by atoms with Crippen LogP contribution in [0.2, 0.25) is 0 Å². The van der Waals surface area contributed by atoms with Gasteiger partial charge in [0.05, 0.1) is 31.7 Å². The lowest BCUT2D eigenvalue weighted by molar-refractivity contribution is -0.122. The molecule has 3 aromatic rings. The number of hydrogen-bond acceptors (Lipinski definition) is 4. The van der Waals surface area contributed by atoms with Crippen molar-refractivity contribution in [2.75, 3.05) is 19.1 Å². The Morgan fingerprint density at radius 2 is 1.25 bits per heavy atom. The highest BCUT2D eigenvalue weighted by molar-refractivity contribution is 9.10. The molecular formula is C30H24BrNO4. The first-order chi connectivity index (χ1) is 17.5. The molecule has 1 aliphatic heterocycles. The number of methoxy groups -OCH3 is 2. The Kier molecular flexibility index (Phi) is 5.56. The highest BCUT2D eigenvalue weighted by Crippen LogP contribution is 2.59. The van der Waals surface area contributed by atoms with Crippen LogP contribution < -0.4 is 14.4 Å². The average molecular weight is 542 g/mol. The number of hydrogen-bond donors (Lipinski definition) is 0. The molecular weight excluding hydrogens is 518 g/mol. The monoisotopic (exact) mass is 541 g/mol. The number of rotatable bonds is 5. The fourth-order valence-corrected chi connectivity index (χ4v) is 6.37. The smallest absolute Gasteiger partial charge is 0.238 e. The van der Waals surface area contributed by atoms with Crippen LogP contribution in [-0.4, -0.2) is 26.0 Å². The van der Waals surface area contributed by atoms with E-state index in [0.717, 1.165) is 38.2 Å². The predicted octanol–water partition coefficient (Wildman–Crippen LogP) is 5.89. The van der Waals surface area contributed by atoms with Crippen LogP contribution in [0, 0.1) is 23.7 Å². The van der Waals surface area contributed by atoms with Crippen molar-refractivity contribution in [1.82, 2.24) is 0 Å². The van der Waals surface area contributed by atoms with Crippen LogP contribution in [0.25, 0.3) is 5.57 Å². The number of carbonyl (C=O) groups excluding carboxylic acids is 2. The summed E-state index contributed by atoms with van der Waals surface area (Å²) in [7, 11) is 3.29. The number of halogens is 1. The summed E-state index contributed by atoms with van der Waals surface area (Å²) in [6.07, 6.45) is 4.23. The second-order valence-corrected chi connectivity index (χ2v) is 10.2. The fraction of sp³-hybridized carbons (Fsp3) is 0.200. The lowest BCUT2D eigenvalue weighted by Crippen LogP contribution is -2.33. The summed E-state index contributed by atoms with van der Waals surface area (Å²) in [5.41, 5.74) is 4.86. The van der Waals surface area contributed by atoms with Gasteiger partial charge in [-0.05, 0) is 64.7 Å². The third-order valence-electron chi connectivity index (χ3n) is 7.53. The largest absolute Gasteiger partial charge is 0.497 e. The van der Waals surface area contributed by atoms with E-state index in [0.29, 0.717) is 5.69 Å². The molecule has 0 N–H and O–H groups in total. The number of carbonyl (C=O) groups is 2. The van der Waals surface area contributed by atoms with Crippen molar-refractivity contribution in [3.63, 3.8) is 0 Å². The molecule has 1 heterocycles. The molecule has 6 heteroatoms. The van der Waals surface area contributed by atoms with Gasteiger partial charge in [0.15, 0.2) is 0 Å². The number of allylic oxidation sites excluding steroid dienone is 3. The minimum atomic E-state index is -0.395. The summed E-state index contributed by atoms with van der Waals surface area (Å²) >= 11 is 3.46. The first-order valence-electron chi connectivity index (χ1n) is 11.9.